The van der Waals surface area contributed by atoms with Gasteiger partial charge in [0.2, 0.25) is 0 Å². The number of hydrogen-bond acceptors (Lipinski definition) is 6. The van der Waals surface area contributed by atoms with Gasteiger partial charge in [-0.15, -0.1) is 11.8 Å². The lowest BCUT2D eigenvalue weighted by Gasteiger charge is -2.25. The normalized spacial score (nSPS) is 19.1. The standard InChI is InChI=1S/C17H30O5S/c1-3-5-10-20-15(18)13-14(17(19)22-11-6-4-2)23-16-9-7-8-12-21-16/h14,16H,3-13H2,1-2H3. The molecule has 134 valence electrons. The third-order valence-corrected chi connectivity index (χ3v) is 4.94. The van der Waals surface area contributed by atoms with Crippen LogP contribution in [0.25, 0.3) is 0 Å². The molecule has 0 saturated carbocycles. The van der Waals surface area contributed by atoms with Gasteiger partial charge in [0.15, 0.2) is 0 Å². The van der Waals surface area contributed by atoms with Gasteiger partial charge in [-0.25, -0.2) is 0 Å². The van der Waals surface area contributed by atoms with Crippen molar-refractivity contribution in [3.05, 3.63) is 0 Å². The number of esters is 2. The van der Waals surface area contributed by atoms with E-state index in [4.69, 9.17) is 14.2 Å². The molecule has 0 aliphatic carbocycles. The molecule has 0 aromatic heterocycles. The van der Waals surface area contributed by atoms with Gasteiger partial charge in [-0.05, 0) is 32.1 Å². The molecule has 1 rings (SSSR count). The van der Waals surface area contributed by atoms with E-state index < -0.39 is 5.25 Å². The van der Waals surface area contributed by atoms with Crippen molar-refractivity contribution < 1.29 is 23.8 Å². The van der Waals surface area contributed by atoms with Gasteiger partial charge in [0.05, 0.1) is 19.6 Å². The fourth-order valence-electron chi connectivity index (χ4n) is 2.14. The van der Waals surface area contributed by atoms with Gasteiger partial charge in [0.25, 0.3) is 0 Å². The van der Waals surface area contributed by atoms with Crippen LogP contribution in [0, 0.1) is 0 Å². The Morgan fingerprint density at radius 2 is 1.83 bits per heavy atom. The van der Waals surface area contributed by atoms with E-state index in [2.05, 4.69) is 0 Å². The van der Waals surface area contributed by atoms with Crippen molar-refractivity contribution in [2.75, 3.05) is 19.8 Å². The summed E-state index contributed by atoms with van der Waals surface area (Å²) in [6, 6.07) is 0. The van der Waals surface area contributed by atoms with Crippen LogP contribution in [-0.4, -0.2) is 42.4 Å². The van der Waals surface area contributed by atoms with Crippen molar-refractivity contribution in [1.29, 1.82) is 0 Å². The second kappa shape index (κ2) is 12.6. The highest BCUT2D eigenvalue weighted by Crippen LogP contribution is 2.29. The predicted molar refractivity (Wildman–Crippen MR) is 91.3 cm³/mol. The maximum Gasteiger partial charge on any atom is 0.319 e. The molecule has 0 spiro atoms. The van der Waals surface area contributed by atoms with E-state index in [1.165, 1.54) is 11.8 Å². The number of ether oxygens (including phenoxy) is 3. The molecular weight excluding hydrogens is 316 g/mol. The maximum atomic E-state index is 12.3. The number of unbranched alkanes of at least 4 members (excludes halogenated alkanes) is 2. The Morgan fingerprint density at radius 1 is 1.13 bits per heavy atom. The molecule has 0 N–H and O–H groups in total. The van der Waals surface area contributed by atoms with Crippen LogP contribution in [0.5, 0.6) is 0 Å². The molecule has 5 nitrogen and oxygen atoms in total. The molecule has 2 atom stereocenters. The molecule has 1 aliphatic heterocycles. The highest BCUT2D eigenvalue weighted by Gasteiger charge is 2.29. The fourth-order valence-corrected chi connectivity index (χ4v) is 3.39. The molecule has 1 saturated heterocycles. The monoisotopic (exact) mass is 346 g/mol. The molecule has 0 amide bonds. The van der Waals surface area contributed by atoms with Crippen LogP contribution in [0.15, 0.2) is 0 Å². The number of thioether (sulfide) groups is 1. The minimum atomic E-state index is -0.538. The SMILES string of the molecule is CCCCOC(=O)CC(SC1CCCCO1)C(=O)OCCCC. The first-order valence-corrected chi connectivity index (χ1v) is 9.71. The van der Waals surface area contributed by atoms with E-state index in [0.29, 0.717) is 13.2 Å². The Hall–Kier alpha value is -0.750. The highest BCUT2D eigenvalue weighted by atomic mass is 32.2. The summed E-state index contributed by atoms with van der Waals surface area (Å²) < 4.78 is 16.1. The highest BCUT2D eigenvalue weighted by molar-refractivity contribution is 8.01. The van der Waals surface area contributed by atoms with Gasteiger partial charge in [0, 0.05) is 6.61 Å². The molecule has 0 aromatic carbocycles. The summed E-state index contributed by atoms with van der Waals surface area (Å²) in [5, 5.41) is -0.538. The summed E-state index contributed by atoms with van der Waals surface area (Å²) in [5.74, 6) is -0.663. The molecule has 23 heavy (non-hydrogen) atoms. The van der Waals surface area contributed by atoms with E-state index >= 15 is 0 Å². The molecule has 0 radical (unpaired) electrons. The molecule has 6 heteroatoms. The van der Waals surface area contributed by atoms with E-state index in [1.807, 2.05) is 13.8 Å². The van der Waals surface area contributed by atoms with Gasteiger partial charge >= 0.3 is 11.9 Å². The molecule has 1 aliphatic rings. The van der Waals surface area contributed by atoms with Crippen molar-refractivity contribution in [1.82, 2.24) is 0 Å². The van der Waals surface area contributed by atoms with Crippen molar-refractivity contribution in [2.45, 2.75) is 75.9 Å². The minimum Gasteiger partial charge on any atom is -0.466 e. The minimum absolute atomic E-state index is 0.0316. The molecule has 0 bridgehead atoms. The first-order valence-electron chi connectivity index (χ1n) is 8.76. The summed E-state index contributed by atoms with van der Waals surface area (Å²) >= 11 is 1.40. The lowest BCUT2D eigenvalue weighted by atomic mass is 10.2. The summed E-state index contributed by atoms with van der Waals surface area (Å²) in [4.78, 5) is 24.2. The molecular formula is C17H30O5S. The Morgan fingerprint density at radius 3 is 2.43 bits per heavy atom. The Bertz CT molecular complexity index is 342. The van der Waals surface area contributed by atoms with Crippen LogP contribution in [0.4, 0.5) is 0 Å². The van der Waals surface area contributed by atoms with E-state index in [9.17, 15) is 9.59 Å². The zero-order chi connectivity index (χ0) is 16.9. The second-order valence-electron chi connectivity index (χ2n) is 5.72. The van der Waals surface area contributed by atoms with Crippen molar-refractivity contribution >= 4 is 23.7 Å². The van der Waals surface area contributed by atoms with Crippen LogP contribution in [0.3, 0.4) is 0 Å². The first-order chi connectivity index (χ1) is 11.2. The zero-order valence-corrected chi connectivity index (χ0v) is 15.2. The average molecular weight is 346 g/mol. The largest absolute Gasteiger partial charge is 0.466 e. The number of carbonyl (C=O) groups excluding carboxylic acids is 2. The third-order valence-electron chi connectivity index (χ3n) is 3.57. The second-order valence-corrected chi connectivity index (χ2v) is 7.09. The van der Waals surface area contributed by atoms with E-state index in [-0.39, 0.29) is 23.8 Å². The van der Waals surface area contributed by atoms with E-state index in [1.54, 1.807) is 0 Å². The van der Waals surface area contributed by atoms with Crippen molar-refractivity contribution in [2.24, 2.45) is 0 Å². The summed E-state index contributed by atoms with van der Waals surface area (Å²) in [5.41, 5.74) is -0.0316. The molecule has 2 unspecified atom stereocenters. The number of hydrogen-bond donors (Lipinski definition) is 0. The van der Waals surface area contributed by atoms with Crippen LogP contribution >= 0.6 is 11.8 Å². The Kier molecular flexibility index (Phi) is 11.2. The summed E-state index contributed by atoms with van der Waals surface area (Å²) in [6.45, 7) is 5.62. The lowest BCUT2D eigenvalue weighted by Crippen LogP contribution is -2.29. The van der Waals surface area contributed by atoms with Crippen LogP contribution in [0.1, 0.15) is 65.2 Å². The Balaban J connectivity index is 2.48. The average Bonchev–Trinajstić information content (AvgIpc) is 2.55. The third kappa shape index (κ3) is 9.20. The maximum absolute atomic E-state index is 12.3. The van der Waals surface area contributed by atoms with Gasteiger partial charge in [-0.2, -0.15) is 0 Å². The molecule has 1 fully saturated rings. The fraction of sp³-hybridized carbons (Fsp3) is 0.882. The van der Waals surface area contributed by atoms with E-state index in [0.717, 1.165) is 51.6 Å². The zero-order valence-electron chi connectivity index (χ0n) is 14.4. The number of rotatable bonds is 11. The summed E-state index contributed by atoms with van der Waals surface area (Å²) in [6.07, 6.45) is 6.74. The van der Waals surface area contributed by atoms with Gasteiger partial charge in [0.1, 0.15) is 10.7 Å². The Labute approximate surface area is 143 Å². The van der Waals surface area contributed by atoms with Crippen LogP contribution < -0.4 is 0 Å². The van der Waals surface area contributed by atoms with Gasteiger partial charge in [-0.1, -0.05) is 26.7 Å². The van der Waals surface area contributed by atoms with Gasteiger partial charge in [-0.3, -0.25) is 9.59 Å². The molecule has 0 aromatic rings. The molecule has 1 heterocycles. The quantitative estimate of drug-likeness (QED) is 0.420. The predicted octanol–water partition coefficient (Wildman–Crippen LogP) is 3.69. The van der Waals surface area contributed by atoms with Crippen LogP contribution in [0.2, 0.25) is 0 Å². The summed E-state index contributed by atoms with van der Waals surface area (Å²) in [7, 11) is 0. The van der Waals surface area contributed by atoms with Crippen molar-refractivity contribution in [3.8, 4) is 0 Å². The first kappa shape index (κ1) is 20.3. The lowest BCUT2D eigenvalue weighted by molar-refractivity contribution is -0.149. The van der Waals surface area contributed by atoms with Gasteiger partial charge < -0.3 is 14.2 Å². The number of carbonyl (C=O) groups is 2. The topological polar surface area (TPSA) is 61.8 Å². The smallest absolute Gasteiger partial charge is 0.319 e. The van der Waals surface area contributed by atoms with Crippen molar-refractivity contribution in [3.63, 3.8) is 0 Å². The van der Waals surface area contributed by atoms with Crippen LogP contribution in [-0.2, 0) is 23.8 Å².